The second kappa shape index (κ2) is 11.5. The Labute approximate surface area is 138 Å². The zero-order valence-corrected chi connectivity index (χ0v) is 14.7. The first-order chi connectivity index (χ1) is 10.9. The molecule has 2 heterocycles. The van der Waals surface area contributed by atoms with Crippen molar-refractivity contribution >= 4 is 7.12 Å². The zero-order chi connectivity index (χ0) is 15.5. The zero-order valence-electron chi connectivity index (χ0n) is 14.7. The maximum absolute atomic E-state index is 5.85. The van der Waals surface area contributed by atoms with Gasteiger partial charge in [-0.3, -0.25) is 5.32 Å². The van der Waals surface area contributed by atoms with Crippen molar-refractivity contribution < 1.29 is 9.31 Å². The van der Waals surface area contributed by atoms with E-state index in [9.17, 15) is 0 Å². The molecule has 0 radical (unpaired) electrons. The average molecular weight is 309 g/mol. The van der Waals surface area contributed by atoms with E-state index in [1.807, 2.05) is 0 Å². The molecule has 0 aromatic rings. The maximum Gasteiger partial charge on any atom is 0.461 e. The summed E-state index contributed by atoms with van der Waals surface area (Å²) in [5.41, 5.74) is 0. The van der Waals surface area contributed by atoms with Gasteiger partial charge in [-0.2, -0.15) is 0 Å². The van der Waals surface area contributed by atoms with Gasteiger partial charge in [0.05, 0.1) is 6.23 Å². The van der Waals surface area contributed by atoms with E-state index in [4.69, 9.17) is 9.31 Å². The predicted octanol–water partition coefficient (Wildman–Crippen LogP) is 4.91. The molecular weight excluding hydrogens is 273 g/mol. The standard InChI is InChI=1S/C18H36BNO2/c1-2-3-4-5-6-7-8-9-10-11-12-14-20-18-16-17-13-15-21-19(17)22-18/h17-18,20H,2-16H2,1H3. The molecule has 2 aliphatic heterocycles. The molecule has 128 valence electrons. The van der Waals surface area contributed by atoms with Crippen LogP contribution < -0.4 is 5.32 Å². The average Bonchev–Trinajstić information content (AvgIpc) is 3.09. The first-order valence-corrected chi connectivity index (χ1v) is 9.90. The summed E-state index contributed by atoms with van der Waals surface area (Å²) in [7, 11) is 0.0924. The normalized spacial score (nSPS) is 24.1. The highest BCUT2D eigenvalue weighted by atomic mass is 16.6. The van der Waals surface area contributed by atoms with Gasteiger partial charge in [-0.1, -0.05) is 71.1 Å². The monoisotopic (exact) mass is 309 g/mol. The van der Waals surface area contributed by atoms with E-state index in [0.29, 0.717) is 5.82 Å². The van der Waals surface area contributed by atoms with Crippen LogP contribution in [0.25, 0.3) is 0 Å². The molecule has 2 aliphatic rings. The van der Waals surface area contributed by atoms with E-state index in [1.54, 1.807) is 0 Å². The molecule has 4 heteroatoms. The highest BCUT2D eigenvalue weighted by molar-refractivity contribution is 6.48. The summed E-state index contributed by atoms with van der Waals surface area (Å²) in [6.45, 7) is 4.27. The molecule has 3 nitrogen and oxygen atoms in total. The Balaban J connectivity index is 1.29. The van der Waals surface area contributed by atoms with Gasteiger partial charge in [-0.05, 0) is 31.6 Å². The van der Waals surface area contributed by atoms with Crippen molar-refractivity contribution in [2.24, 2.45) is 0 Å². The quantitative estimate of drug-likeness (QED) is 0.387. The van der Waals surface area contributed by atoms with E-state index in [-0.39, 0.29) is 13.3 Å². The summed E-state index contributed by atoms with van der Waals surface area (Å²) < 4.78 is 11.4. The third-order valence-corrected chi connectivity index (χ3v) is 5.12. The molecule has 2 fully saturated rings. The highest BCUT2D eigenvalue weighted by Crippen LogP contribution is 2.36. The number of unbranched alkanes of at least 4 members (excludes halogenated alkanes) is 10. The van der Waals surface area contributed by atoms with Crippen molar-refractivity contribution in [2.75, 3.05) is 13.2 Å². The van der Waals surface area contributed by atoms with Gasteiger partial charge in [-0.15, -0.1) is 0 Å². The van der Waals surface area contributed by atoms with Crippen LogP contribution in [0, 0.1) is 0 Å². The van der Waals surface area contributed by atoms with Crippen molar-refractivity contribution in [3.63, 3.8) is 0 Å². The Morgan fingerprint density at radius 2 is 1.55 bits per heavy atom. The number of hydrogen-bond acceptors (Lipinski definition) is 3. The lowest BCUT2D eigenvalue weighted by Gasteiger charge is -2.14. The lowest BCUT2D eigenvalue weighted by Crippen LogP contribution is -2.31. The third-order valence-electron chi connectivity index (χ3n) is 5.12. The van der Waals surface area contributed by atoms with Crippen LogP contribution in [-0.4, -0.2) is 26.5 Å². The van der Waals surface area contributed by atoms with Crippen molar-refractivity contribution in [1.29, 1.82) is 0 Å². The Bertz CT molecular complexity index is 266. The molecule has 22 heavy (non-hydrogen) atoms. The van der Waals surface area contributed by atoms with Crippen molar-refractivity contribution in [3.05, 3.63) is 0 Å². The fourth-order valence-corrected chi connectivity index (χ4v) is 3.66. The highest BCUT2D eigenvalue weighted by Gasteiger charge is 2.44. The molecule has 2 rings (SSSR count). The molecule has 1 N–H and O–H groups in total. The molecule has 0 bridgehead atoms. The summed E-state index contributed by atoms with van der Waals surface area (Å²) in [4.78, 5) is 0. The van der Waals surface area contributed by atoms with Crippen LogP contribution in [0.2, 0.25) is 5.82 Å². The number of rotatable bonds is 13. The van der Waals surface area contributed by atoms with E-state index in [2.05, 4.69) is 12.2 Å². The summed E-state index contributed by atoms with van der Waals surface area (Å²) in [5.74, 6) is 0.648. The number of nitrogens with one attached hydrogen (secondary N) is 1. The molecule has 2 atom stereocenters. The first kappa shape index (κ1) is 18.3. The minimum absolute atomic E-state index is 0.0924. The number of hydrogen-bond donors (Lipinski definition) is 1. The lowest BCUT2D eigenvalue weighted by molar-refractivity contribution is 0.141. The molecule has 2 unspecified atom stereocenters. The second-order valence-electron chi connectivity index (χ2n) is 7.14. The fraction of sp³-hybridized carbons (Fsp3) is 1.00. The van der Waals surface area contributed by atoms with Crippen LogP contribution in [0.15, 0.2) is 0 Å². The Morgan fingerprint density at radius 3 is 2.18 bits per heavy atom. The molecule has 0 aromatic carbocycles. The Kier molecular flexibility index (Phi) is 9.54. The van der Waals surface area contributed by atoms with Crippen LogP contribution in [0.5, 0.6) is 0 Å². The van der Waals surface area contributed by atoms with E-state index >= 15 is 0 Å². The largest absolute Gasteiger partial charge is 0.461 e. The lowest BCUT2D eigenvalue weighted by atomic mass is 9.74. The molecule has 0 saturated carbocycles. The summed E-state index contributed by atoms with van der Waals surface area (Å²) >= 11 is 0. The SMILES string of the molecule is CCCCCCCCCCCCCNC1CC2CCOB2O1. The van der Waals surface area contributed by atoms with E-state index in [0.717, 1.165) is 19.6 Å². The van der Waals surface area contributed by atoms with E-state index in [1.165, 1.54) is 77.0 Å². The topological polar surface area (TPSA) is 30.5 Å². The van der Waals surface area contributed by atoms with Gasteiger partial charge in [0.15, 0.2) is 0 Å². The molecular formula is C18H36BNO2. The third kappa shape index (κ3) is 7.01. The van der Waals surface area contributed by atoms with Crippen molar-refractivity contribution in [3.8, 4) is 0 Å². The van der Waals surface area contributed by atoms with Gasteiger partial charge in [0.1, 0.15) is 0 Å². The van der Waals surface area contributed by atoms with Gasteiger partial charge < -0.3 is 9.31 Å². The number of fused-ring (bicyclic) bond motifs is 1. The second-order valence-corrected chi connectivity index (χ2v) is 7.14. The van der Waals surface area contributed by atoms with Gasteiger partial charge >= 0.3 is 7.12 Å². The van der Waals surface area contributed by atoms with Gasteiger partial charge in [0, 0.05) is 6.61 Å². The summed E-state index contributed by atoms with van der Waals surface area (Å²) in [6, 6.07) is 0. The minimum atomic E-state index is 0.0924. The van der Waals surface area contributed by atoms with Crippen LogP contribution in [-0.2, 0) is 9.31 Å². The van der Waals surface area contributed by atoms with Gasteiger partial charge in [-0.25, -0.2) is 0 Å². The predicted molar refractivity (Wildman–Crippen MR) is 94.0 cm³/mol. The summed E-state index contributed by atoms with van der Waals surface area (Å²) in [6.07, 6.45) is 18.0. The maximum atomic E-state index is 5.85. The molecule has 0 amide bonds. The van der Waals surface area contributed by atoms with Crippen LogP contribution in [0.4, 0.5) is 0 Å². The smallest absolute Gasteiger partial charge is 0.411 e. The molecule has 0 aromatic heterocycles. The van der Waals surface area contributed by atoms with Crippen LogP contribution in [0.1, 0.15) is 90.4 Å². The minimum Gasteiger partial charge on any atom is -0.411 e. The first-order valence-electron chi connectivity index (χ1n) is 9.90. The van der Waals surface area contributed by atoms with Crippen LogP contribution in [0.3, 0.4) is 0 Å². The summed E-state index contributed by atoms with van der Waals surface area (Å²) in [5, 5.41) is 3.54. The molecule has 2 saturated heterocycles. The Hall–Kier alpha value is -0.0551. The molecule has 0 spiro atoms. The molecule has 0 aliphatic carbocycles. The van der Waals surface area contributed by atoms with Crippen molar-refractivity contribution in [2.45, 2.75) is 102 Å². The van der Waals surface area contributed by atoms with Gasteiger partial charge in [0.25, 0.3) is 0 Å². The van der Waals surface area contributed by atoms with Gasteiger partial charge in [0.2, 0.25) is 0 Å². The van der Waals surface area contributed by atoms with Crippen LogP contribution >= 0.6 is 0 Å². The Morgan fingerprint density at radius 1 is 0.909 bits per heavy atom. The van der Waals surface area contributed by atoms with E-state index < -0.39 is 0 Å². The van der Waals surface area contributed by atoms with Crippen molar-refractivity contribution in [1.82, 2.24) is 5.32 Å². The fourth-order valence-electron chi connectivity index (χ4n) is 3.66.